The summed E-state index contributed by atoms with van der Waals surface area (Å²) in [5.74, 6) is 2.00. The lowest BCUT2D eigenvalue weighted by atomic mass is 10.0. The minimum Gasteiger partial charge on any atom is -0.490 e. The van der Waals surface area contributed by atoms with E-state index in [0.29, 0.717) is 6.10 Å². The van der Waals surface area contributed by atoms with Crippen LogP contribution in [0.25, 0.3) is 0 Å². The first-order chi connectivity index (χ1) is 9.35. The first kappa shape index (κ1) is 13.0. The molecule has 3 rings (SSSR count). The molecule has 2 fully saturated rings. The molecule has 1 aromatic rings. The van der Waals surface area contributed by atoms with Gasteiger partial charge in [0, 0.05) is 6.04 Å². The van der Waals surface area contributed by atoms with Crippen molar-refractivity contribution >= 4 is 0 Å². The molecule has 0 bridgehead atoms. The van der Waals surface area contributed by atoms with Crippen molar-refractivity contribution in [2.45, 2.75) is 57.6 Å². The largest absolute Gasteiger partial charge is 0.490 e. The Morgan fingerprint density at radius 3 is 2.79 bits per heavy atom. The average Bonchev–Trinajstić information content (AvgIpc) is 3.27. The number of benzene rings is 1. The highest BCUT2D eigenvalue weighted by molar-refractivity contribution is 5.29. The smallest absolute Gasteiger partial charge is 0.119 e. The third-order valence-electron chi connectivity index (χ3n) is 4.13. The molecule has 2 saturated carbocycles. The lowest BCUT2D eigenvalue weighted by Gasteiger charge is -2.17. The molecule has 0 aliphatic heterocycles. The van der Waals surface area contributed by atoms with Crippen LogP contribution < -0.4 is 10.1 Å². The first-order valence-electron chi connectivity index (χ1n) is 7.84. The van der Waals surface area contributed by atoms with Crippen molar-refractivity contribution in [3.63, 3.8) is 0 Å². The molecule has 0 heterocycles. The van der Waals surface area contributed by atoms with Gasteiger partial charge in [0.1, 0.15) is 5.75 Å². The van der Waals surface area contributed by atoms with Crippen LogP contribution in [0.15, 0.2) is 24.3 Å². The van der Waals surface area contributed by atoms with Crippen molar-refractivity contribution < 1.29 is 4.74 Å². The zero-order valence-electron chi connectivity index (χ0n) is 11.9. The van der Waals surface area contributed by atoms with E-state index in [1.807, 2.05) is 0 Å². The van der Waals surface area contributed by atoms with E-state index in [-0.39, 0.29) is 0 Å². The molecule has 2 aliphatic carbocycles. The fourth-order valence-corrected chi connectivity index (χ4v) is 2.74. The predicted octanol–water partition coefficient (Wildman–Crippen LogP) is 3.55. The van der Waals surface area contributed by atoms with E-state index < -0.39 is 0 Å². The number of ether oxygens (including phenoxy) is 1. The van der Waals surface area contributed by atoms with Crippen LogP contribution in [0.5, 0.6) is 5.75 Å². The number of hydrogen-bond donors (Lipinski definition) is 1. The zero-order valence-corrected chi connectivity index (χ0v) is 11.9. The topological polar surface area (TPSA) is 21.3 Å². The van der Waals surface area contributed by atoms with Crippen molar-refractivity contribution in [2.75, 3.05) is 6.54 Å². The van der Waals surface area contributed by atoms with Crippen molar-refractivity contribution in [1.82, 2.24) is 5.32 Å². The molecule has 19 heavy (non-hydrogen) atoms. The first-order valence-corrected chi connectivity index (χ1v) is 7.84. The normalized spacial score (nSPS) is 20.3. The molecule has 2 nitrogen and oxygen atoms in total. The van der Waals surface area contributed by atoms with Gasteiger partial charge in [0.2, 0.25) is 0 Å². The van der Waals surface area contributed by atoms with Gasteiger partial charge in [-0.2, -0.15) is 0 Å². The molecule has 0 aromatic heterocycles. The molecule has 1 aromatic carbocycles. The summed E-state index contributed by atoms with van der Waals surface area (Å²) in [6.45, 7) is 3.30. The van der Waals surface area contributed by atoms with Crippen molar-refractivity contribution in [3.8, 4) is 5.75 Å². The maximum Gasteiger partial charge on any atom is 0.119 e. The summed E-state index contributed by atoms with van der Waals surface area (Å²) in [4.78, 5) is 0. The predicted molar refractivity (Wildman–Crippen MR) is 78.6 cm³/mol. The van der Waals surface area contributed by atoms with Crippen molar-refractivity contribution in [2.24, 2.45) is 5.92 Å². The lowest BCUT2D eigenvalue weighted by Crippen LogP contribution is -2.31. The molecule has 1 atom stereocenters. The summed E-state index contributed by atoms with van der Waals surface area (Å²) in [5, 5.41) is 3.64. The van der Waals surface area contributed by atoms with Gasteiger partial charge in [0.05, 0.1) is 6.10 Å². The molecule has 0 spiro atoms. The quantitative estimate of drug-likeness (QED) is 0.771. The summed E-state index contributed by atoms with van der Waals surface area (Å²) in [7, 11) is 0. The highest BCUT2D eigenvalue weighted by atomic mass is 16.5. The van der Waals surface area contributed by atoms with Crippen LogP contribution in [0, 0.1) is 5.92 Å². The SMILES string of the molecule is CCNC(CCc1cccc(OC2CC2)c1)C1CC1. The molecule has 0 radical (unpaired) electrons. The van der Waals surface area contributed by atoms with Crippen LogP contribution in [-0.2, 0) is 6.42 Å². The van der Waals surface area contributed by atoms with E-state index in [4.69, 9.17) is 4.74 Å². The van der Waals surface area contributed by atoms with E-state index >= 15 is 0 Å². The Balaban J connectivity index is 1.52. The van der Waals surface area contributed by atoms with Gasteiger partial charge in [-0.1, -0.05) is 19.1 Å². The van der Waals surface area contributed by atoms with Gasteiger partial charge in [0.15, 0.2) is 0 Å². The van der Waals surface area contributed by atoms with Crippen LogP contribution in [0.2, 0.25) is 0 Å². The van der Waals surface area contributed by atoms with Gasteiger partial charge in [-0.15, -0.1) is 0 Å². The van der Waals surface area contributed by atoms with Gasteiger partial charge in [-0.05, 0) is 68.7 Å². The van der Waals surface area contributed by atoms with Gasteiger partial charge in [0.25, 0.3) is 0 Å². The fraction of sp³-hybridized carbons (Fsp3) is 0.647. The van der Waals surface area contributed by atoms with Crippen molar-refractivity contribution in [3.05, 3.63) is 29.8 Å². The Morgan fingerprint density at radius 2 is 2.11 bits per heavy atom. The Kier molecular flexibility index (Phi) is 4.07. The van der Waals surface area contributed by atoms with E-state index in [0.717, 1.165) is 30.7 Å². The second kappa shape index (κ2) is 5.96. The minimum absolute atomic E-state index is 0.497. The average molecular weight is 259 g/mol. The van der Waals surface area contributed by atoms with Gasteiger partial charge in [-0.25, -0.2) is 0 Å². The molecule has 2 aliphatic rings. The Labute approximate surface area is 116 Å². The number of aryl methyl sites for hydroxylation is 1. The van der Waals surface area contributed by atoms with Gasteiger partial charge < -0.3 is 10.1 Å². The summed E-state index contributed by atoms with van der Waals surface area (Å²) in [5.41, 5.74) is 1.42. The van der Waals surface area contributed by atoms with Crippen LogP contribution in [-0.4, -0.2) is 18.7 Å². The number of rotatable bonds is 8. The van der Waals surface area contributed by atoms with Gasteiger partial charge >= 0.3 is 0 Å². The maximum absolute atomic E-state index is 5.86. The monoisotopic (exact) mass is 259 g/mol. The van der Waals surface area contributed by atoms with E-state index in [9.17, 15) is 0 Å². The second-order valence-corrected chi connectivity index (χ2v) is 6.00. The van der Waals surface area contributed by atoms with E-state index in [1.165, 1.54) is 37.7 Å². The highest BCUT2D eigenvalue weighted by Crippen LogP contribution is 2.34. The lowest BCUT2D eigenvalue weighted by molar-refractivity contribution is 0.303. The Hall–Kier alpha value is -1.02. The third-order valence-corrected chi connectivity index (χ3v) is 4.13. The number of nitrogens with one attached hydrogen (secondary N) is 1. The van der Waals surface area contributed by atoms with Crippen molar-refractivity contribution in [1.29, 1.82) is 0 Å². The summed E-state index contributed by atoms with van der Waals surface area (Å²) in [6.07, 6.45) is 8.21. The van der Waals surface area contributed by atoms with E-state index in [1.54, 1.807) is 0 Å². The minimum atomic E-state index is 0.497. The molecule has 1 unspecified atom stereocenters. The van der Waals surface area contributed by atoms with Gasteiger partial charge in [-0.3, -0.25) is 0 Å². The fourth-order valence-electron chi connectivity index (χ4n) is 2.74. The molecule has 2 heteroatoms. The highest BCUT2D eigenvalue weighted by Gasteiger charge is 2.30. The van der Waals surface area contributed by atoms with Crippen LogP contribution in [0.3, 0.4) is 0 Å². The Bertz CT molecular complexity index is 409. The molecular formula is C17H25NO. The maximum atomic E-state index is 5.86. The molecule has 104 valence electrons. The zero-order chi connectivity index (χ0) is 13.1. The van der Waals surface area contributed by atoms with Crippen LogP contribution in [0.1, 0.15) is 44.6 Å². The standard InChI is InChI=1S/C17H25NO/c1-2-18-17(14-7-8-14)11-6-13-4-3-5-16(12-13)19-15-9-10-15/h3-5,12,14-15,17-18H,2,6-11H2,1H3. The van der Waals surface area contributed by atoms with Crippen LogP contribution in [0.4, 0.5) is 0 Å². The third kappa shape index (κ3) is 3.97. The summed E-state index contributed by atoms with van der Waals surface area (Å²) < 4.78 is 5.86. The molecular weight excluding hydrogens is 234 g/mol. The van der Waals surface area contributed by atoms with Crippen LogP contribution >= 0.6 is 0 Å². The molecule has 0 amide bonds. The number of hydrogen-bond acceptors (Lipinski definition) is 2. The summed E-state index contributed by atoms with van der Waals surface area (Å²) in [6, 6.07) is 9.40. The Morgan fingerprint density at radius 1 is 1.26 bits per heavy atom. The van der Waals surface area contributed by atoms with E-state index in [2.05, 4.69) is 36.5 Å². The molecule has 0 saturated heterocycles. The summed E-state index contributed by atoms with van der Waals surface area (Å²) >= 11 is 0. The molecule has 1 N–H and O–H groups in total. The second-order valence-electron chi connectivity index (χ2n) is 6.00.